The van der Waals surface area contributed by atoms with Gasteiger partial charge in [0.15, 0.2) is 11.5 Å². The minimum Gasteiger partial charge on any atom is -0.488 e. The number of hydrogen-bond acceptors (Lipinski definition) is 5. The molecule has 4 aromatic rings. The number of ether oxygens (including phenoxy) is 2. The number of hydrogen-bond donors (Lipinski definition) is 1. The third-order valence-corrected chi connectivity index (χ3v) is 5.95. The van der Waals surface area contributed by atoms with Crippen molar-refractivity contribution in [1.29, 1.82) is 0 Å². The Morgan fingerprint density at radius 3 is 2.30 bits per heavy atom. The number of aryl methyl sites for hydroxylation is 2. The first-order valence-electron chi connectivity index (χ1n) is 11.7. The Hall–Kier alpha value is -3.68. The van der Waals surface area contributed by atoms with Crippen molar-refractivity contribution in [1.82, 2.24) is 9.99 Å². The van der Waals surface area contributed by atoms with Crippen LogP contribution in [0.4, 0.5) is 0 Å². The summed E-state index contributed by atoms with van der Waals surface area (Å²) in [4.78, 5) is 12.4. The molecule has 0 aliphatic heterocycles. The normalized spacial score (nSPS) is 11.3. The van der Waals surface area contributed by atoms with Crippen LogP contribution < -0.4 is 14.9 Å². The second kappa shape index (κ2) is 11.6. The van der Waals surface area contributed by atoms with Crippen molar-refractivity contribution < 1.29 is 18.7 Å². The fourth-order valence-electron chi connectivity index (χ4n) is 3.72. The van der Waals surface area contributed by atoms with Crippen LogP contribution in [0.15, 0.2) is 70.2 Å². The van der Waals surface area contributed by atoms with Gasteiger partial charge < -0.3 is 18.5 Å². The second-order valence-electron chi connectivity index (χ2n) is 8.68. The lowest BCUT2D eigenvalue weighted by Gasteiger charge is -2.13. The summed E-state index contributed by atoms with van der Waals surface area (Å²) in [7, 11) is 0. The number of halogens is 2. The molecule has 7 nitrogen and oxygen atoms in total. The number of carbonyl (C=O) groups excluding carboxylic acids is 1. The summed E-state index contributed by atoms with van der Waals surface area (Å²) in [5, 5.41) is 4.67. The molecule has 0 fully saturated rings. The van der Waals surface area contributed by atoms with Gasteiger partial charge in [0.1, 0.15) is 18.1 Å². The summed E-state index contributed by atoms with van der Waals surface area (Å²) in [5.74, 6) is 1.23. The summed E-state index contributed by atoms with van der Waals surface area (Å²) >= 11 is 12.5. The summed E-state index contributed by atoms with van der Waals surface area (Å²) in [6.07, 6.45) is 1.36. The third-order valence-electron chi connectivity index (χ3n) is 5.39. The molecule has 0 atom stereocenters. The molecule has 2 aromatic heterocycles. The molecule has 37 heavy (non-hydrogen) atoms. The van der Waals surface area contributed by atoms with E-state index in [9.17, 15) is 4.79 Å². The SMILES string of the molecule is Cc1ccc(C)n1-c1ccc(OCc2ccc(C(=O)N/N=C/c3cc(Cl)c(OC(C)C)c(Cl)c3)o2)cc1. The first kappa shape index (κ1) is 26.4. The molecule has 0 spiro atoms. The van der Waals surface area contributed by atoms with E-state index in [0.29, 0.717) is 32.9 Å². The van der Waals surface area contributed by atoms with Crippen molar-refractivity contribution in [2.75, 3.05) is 0 Å². The van der Waals surface area contributed by atoms with E-state index in [1.54, 1.807) is 24.3 Å². The molecular weight excluding hydrogens is 513 g/mol. The van der Waals surface area contributed by atoms with Crippen LogP contribution in [0.2, 0.25) is 10.0 Å². The molecule has 0 bridgehead atoms. The van der Waals surface area contributed by atoms with Crippen LogP contribution in [0.1, 0.15) is 47.1 Å². The van der Waals surface area contributed by atoms with E-state index in [4.69, 9.17) is 37.1 Å². The van der Waals surface area contributed by atoms with E-state index in [0.717, 1.165) is 5.69 Å². The highest BCUT2D eigenvalue weighted by atomic mass is 35.5. The smallest absolute Gasteiger partial charge is 0.307 e. The van der Waals surface area contributed by atoms with Crippen molar-refractivity contribution >= 4 is 35.3 Å². The number of amides is 1. The molecule has 9 heteroatoms. The number of furan rings is 1. The molecule has 0 aliphatic rings. The number of benzene rings is 2. The van der Waals surface area contributed by atoms with Crippen LogP contribution in [-0.4, -0.2) is 22.8 Å². The minimum absolute atomic E-state index is 0.0679. The monoisotopic (exact) mass is 539 g/mol. The lowest BCUT2D eigenvalue weighted by atomic mass is 10.2. The van der Waals surface area contributed by atoms with Crippen LogP contribution in [0.3, 0.4) is 0 Å². The van der Waals surface area contributed by atoms with Gasteiger partial charge in [-0.05, 0) is 93.9 Å². The van der Waals surface area contributed by atoms with E-state index in [-0.39, 0.29) is 18.5 Å². The van der Waals surface area contributed by atoms with Gasteiger partial charge in [-0.3, -0.25) is 4.79 Å². The Morgan fingerprint density at radius 2 is 1.68 bits per heavy atom. The van der Waals surface area contributed by atoms with Crippen molar-refractivity contribution in [2.24, 2.45) is 5.10 Å². The van der Waals surface area contributed by atoms with Gasteiger partial charge in [-0.2, -0.15) is 5.10 Å². The number of hydrazone groups is 1. The zero-order valence-corrected chi connectivity index (χ0v) is 22.4. The Balaban J connectivity index is 1.31. The Bertz CT molecular complexity index is 1380. The predicted octanol–water partition coefficient (Wildman–Crippen LogP) is 7.12. The fourth-order valence-corrected chi connectivity index (χ4v) is 4.32. The predicted molar refractivity (Wildman–Crippen MR) is 146 cm³/mol. The van der Waals surface area contributed by atoms with Gasteiger partial charge in [-0.25, -0.2) is 5.43 Å². The molecule has 0 unspecified atom stereocenters. The van der Waals surface area contributed by atoms with E-state index in [1.165, 1.54) is 17.6 Å². The van der Waals surface area contributed by atoms with Gasteiger partial charge in [0.2, 0.25) is 0 Å². The third kappa shape index (κ3) is 6.56. The first-order valence-corrected chi connectivity index (χ1v) is 12.4. The van der Waals surface area contributed by atoms with Gasteiger partial charge in [-0.15, -0.1) is 0 Å². The molecule has 192 valence electrons. The summed E-state index contributed by atoms with van der Waals surface area (Å²) < 4.78 is 19.2. The average molecular weight is 540 g/mol. The standard InChI is InChI=1S/C28H27Cl2N3O4/c1-17(2)36-27-24(29)13-20(14-25(27)30)15-31-32-28(34)26-12-11-23(37-26)16-35-22-9-7-21(8-10-22)33-18(3)5-6-19(33)4/h5-15,17H,16H2,1-4H3,(H,32,34)/b31-15+. The van der Waals surface area contributed by atoms with Crippen LogP contribution in [0, 0.1) is 13.8 Å². The van der Waals surface area contributed by atoms with Crippen molar-refractivity contribution in [3.63, 3.8) is 0 Å². The molecule has 0 aliphatic carbocycles. The van der Waals surface area contributed by atoms with Crippen LogP contribution in [0.5, 0.6) is 11.5 Å². The van der Waals surface area contributed by atoms with E-state index >= 15 is 0 Å². The molecule has 2 aromatic carbocycles. The van der Waals surface area contributed by atoms with Gasteiger partial charge in [-0.1, -0.05) is 23.2 Å². The van der Waals surface area contributed by atoms with Crippen LogP contribution >= 0.6 is 23.2 Å². The number of aromatic nitrogens is 1. The molecule has 0 saturated carbocycles. The lowest BCUT2D eigenvalue weighted by molar-refractivity contribution is 0.0923. The maximum Gasteiger partial charge on any atom is 0.307 e. The second-order valence-corrected chi connectivity index (χ2v) is 9.49. The van der Waals surface area contributed by atoms with E-state index in [2.05, 4.69) is 41.1 Å². The van der Waals surface area contributed by atoms with Gasteiger partial charge in [0.25, 0.3) is 0 Å². The molecule has 0 radical (unpaired) electrons. The fraction of sp³-hybridized carbons (Fsp3) is 0.214. The molecule has 0 saturated heterocycles. The molecule has 1 N–H and O–H groups in total. The first-order chi connectivity index (χ1) is 17.7. The van der Waals surface area contributed by atoms with Crippen LogP contribution in [0.25, 0.3) is 5.69 Å². The highest BCUT2D eigenvalue weighted by molar-refractivity contribution is 6.37. The summed E-state index contributed by atoms with van der Waals surface area (Å²) in [5.41, 5.74) is 6.42. The lowest BCUT2D eigenvalue weighted by Crippen LogP contribution is -2.16. The topological polar surface area (TPSA) is 78.0 Å². The maximum absolute atomic E-state index is 12.4. The zero-order valence-electron chi connectivity index (χ0n) is 20.9. The largest absolute Gasteiger partial charge is 0.488 e. The van der Waals surface area contributed by atoms with E-state index in [1.807, 2.05) is 38.1 Å². The van der Waals surface area contributed by atoms with Crippen molar-refractivity contribution in [2.45, 2.75) is 40.4 Å². The van der Waals surface area contributed by atoms with Gasteiger partial charge >= 0.3 is 5.91 Å². The van der Waals surface area contributed by atoms with Crippen LogP contribution in [-0.2, 0) is 6.61 Å². The Labute approximate surface area is 225 Å². The van der Waals surface area contributed by atoms with Gasteiger partial charge in [0.05, 0.1) is 22.4 Å². The van der Waals surface area contributed by atoms with Crippen molar-refractivity contribution in [3.05, 3.63) is 99.2 Å². The molecular formula is C28H27Cl2N3O4. The highest BCUT2D eigenvalue weighted by Gasteiger charge is 2.13. The number of carbonyl (C=O) groups is 1. The molecule has 2 heterocycles. The summed E-state index contributed by atoms with van der Waals surface area (Å²) in [6, 6.07) is 18.5. The quantitative estimate of drug-likeness (QED) is 0.181. The zero-order chi connectivity index (χ0) is 26.5. The van der Waals surface area contributed by atoms with E-state index < -0.39 is 5.91 Å². The highest BCUT2D eigenvalue weighted by Crippen LogP contribution is 2.34. The average Bonchev–Trinajstić information content (AvgIpc) is 3.46. The Kier molecular flexibility index (Phi) is 8.26. The molecule has 1 amide bonds. The van der Waals surface area contributed by atoms with Gasteiger partial charge in [0, 0.05) is 17.1 Å². The minimum atomic E-state index is -0.499. The number of nitrogens with zero attached hydrogens (tertiary/aromatic N) is 2. The Morgan fingerprint density at radius 1 is 1.03 bits per heavy atom. The van der Waals surface area contributed by atoms with Crippen molar-refractivity contribution in [3.8, 4) is 17.2 Å². The summed E-state index contributed by atoms with van der Waals surface area (Å²) in [6.45, 7) is 8.08. The maximum atomic E-state index is 12.4. The molecule has 4 rings (SSSR count). The number of rotatable bonds is 9. The number of nitrogens with one attached hydrogen (secondary N) is 1.